The highest BCUT2D eigenvalue weighted by molar-refractivity contribution is 6.17. The second kappa shape index (κ2) is 7.03. The lowest BCUT2D eigenvalue weighted by Gasteiger charge is -2.07. The van der Waals surface area contributed by atoms with Crippen LogP contribution >= 0.6 is 11.6 Å². The maximum Gasteiger partial charge on any atom is 0.272 e. The minimum atomic E-state index is -0.767. The Bertz CT molecular complexity index is 389. The van der Waals surface area contributed by atoms with Crippen LogP contribution in [0.25, 0.3) is 0 Å². The van der Waals surface area contributed by atoms with Gasteiger partial charge in [-0.3, -0.25) is 10.1 Å². The molecular weight excluding hydrogens is 253 g/mol. The van der Waals surface area contributed by atoms with E-state index in [0.717, 1.165) is 6.07 Å². The van der Waals surface area contributed by atoms with Crippen molar-refractivity contribution in [2.45, 2.75) is 0 Å². The van der Waals surface area contributed by atoms with Gasteiger partial charge in [0.25, 0.3) is 5.69 Å². The number of alkyl halides is 1. The van der Waals surface area contributed by atoms with Gasteiger partial charge in [0.1, 0.15) is 6.61 Å². The quantitative estimate of drug-likeness (QED) is 0.328. The molecule has 0 aliphatic carbocycles. The Morgan fingerprint density at radius 1 is 1.35 bits per heavy atom. The number of ether oxygens (including phenoxy) is 2. The summed E-state index contributed by atoms with van der Waals surface area (Å²) in [6.45, 7) is 0.836. The van der Waals surface area contributed by atoms with Gasteiger partial charge in [-0.2, -0.15) is 0 Å². The molecular formula is C10H11ClFNO4. The Balaban J connectivity index is 2.46. The third-order valence-electron chi connectivity index (χ3n) is 1.83. The molecule has 1 rings (SSSR count). The number of nitro benzene ring substituents is 1. The van der Waals surface area contributed by atoms with E-state index in [4.69, 9.17) is 21.1 Å². The van der Waals surface area contributed by atoms with Crippen LogP contribution in [-0.2, 0) is 4.74 Å². The van der Waals surface area contributed by atoms with Crippen LogP contribution in [0.15, 0.2) is 18.2 Å². The minimum Gasteiger partial charge on any atom is -0.488 e. The molecule has 0 bridgehead atoms. The highest BCUT2D eigenvalue weighted by Crippen LogP contribution is 2.22. The molecule has 0 amide bonds. The van der Waals surface area contributed by atoms with E-state index >= 15 is 0 Å². The average molecular weight is 264 g/mol. The Labute approximate surface area is 102 Å². The summed E-state index contributed by atoms with van der Waals surface area (Å²) in [5.74, 6) is -0.423. The number of benzene rings is 1. The molecule has 0 unspecified atom stereocenters. The highest BCUT2D eigenvalue weighted by Gasteiger charge is 2.11. The summed E-state index contributed by atoms with van der Waals surface area (Å²) in [6, 6.07) is 3.21. The molecule has 17 heavy (non-hydrogen) atoms. The molecule has 0 heterocycles. The Morgan fingerprint density at radius 2 is 2.12 bits per heavy atom. The number of nitro groups is 1. The fourth-order valence-corrected chi connectivity index (χ4v) is 1.20. The molecule has 0 saturated carbocycles. The van der Waals surface area contributed by atoms with Crippen LogP contribution in [-0.4, -0.2) is 30.6 Å². The normalized spacial score (nSPS) is 10.2. The van der Waals surface area contributed by atoms with E-state index in [-0.39, 0.29) is 24.7 Å². The molecule has 0 aliphatic rings. The largest absolute Gasteiger partial charge is 0.488 e. The summed E-state index contributed by atoms with van der Waals surface area (Å²) in [4.78, 5) is 9.69. The maximum absolute atomic E-state index is 13.3. The monoisotopic (exact) mass is 263 g/mol. The zero-order chi connectivity index (χ0) is 12.7. The fourth-order valence-electron chi connectivity index (χ4n) is 1.09. The average Bonchev–Trinajstić information content (AvgIpc) is 2.30. The first-order chi connectivity index (χ1) is 8.15. The van der Waals surface area contributed by atoms with Crippen molar-refractivity contribution in [1.82, 2.24) is 0 Å². The topological polar surface area (TPSA) is 61.6 Å². The van der Waals surface area contributed by atoms with Gasteiger partial charge < -0.3 is 9.47 Å². The molecule has 0 N–H and O–H groups in total. The second-order valence-electron chi connectivity index (χ2n) is 3.02. The first kappa shape index (κ1) is 13.7. The van der Waals surface area contributed by atoms with E-state index in [0.29, 0.717) is 12.5 Å². The van der Waals surface area contributed by atoms with Crippen molar-refractivity contribution in [2.24, 2.45) is 0 Å². The van der Waals surface area contributed by atoms with Crippen LogP contribution in [0.3, 0.4) is 0 Å². The molecule has 1 aromatic rings. The van der Waals surface area contributed by atoms with E-state index in [1.807, 2.05) is 0 Å². The first-order valence-electron chi connectivity index (χ1n) is 4.85. The van der Waals surface area contributed by atoms with Crippen molar-refractivity contribution in [3.05, 3.63) is 34.1 Å². The molecule has 0 saturated heterocycles. The van der Waals surface area contributed by atoms with Gasteiger partial charge in [-0.05, 0) is 6.07 Å². The van der Waals surface area contributed by atoms with Crippen LogP contribution < -0.4 is 4.74 Å². The minimum absolute atomic E-state index is 0.0370. The van der Waals surface area contributed by atoms with Gasteiger partial charge in [-0.15, -0.1) is 11.6 Å². The zero-order valence-corrected chi connectivity index (χ0v) is 9.65. The van der Waals surface area contributed by atoms with E-state index in [1.54, 1.807) is 0 Å². The molecule has 0 aliphatic heterocycles. The number of nitrogens with zero attached hydrogens (tertiary/aromatic N) is 1. The van der Waals surface area contributed by atoms with Gasteiger partial charge in [-0.1, -0.05) is 0 Å². The fraction of sp³-hybridized carbons (Fsp3) is 0.400. The molecule has 0 radical (unpaired) electrons. The number of hydrogen-bond acceptors (Lipinski definition) is 4. The molecule has 94 valence electrons. The van der Waals surface area contributed by atoms with Crippen LogP contribution in [0.1, 0.15) is 0 Å². The molecule has 0 fully saturated rings. The lowest BCUT2D eigenvalue weighted by molar-refractivity contribution is -0.385. The summed E-state index contributed by atoms with van der Waals surface area (Å²) in [5.41, 5.74) is -0.312. The summed E-state index contributed by atoms with van der Waals surface area (Å²) in [5, 5.41) is 10.4. The van der Waals surface area contributed by atoms with Gasteiger partial charge in [0.05, 0.1) is 24.2 Å². The van der Waals surface area contributed by atoms with E-state index in [1.165, 1.54) is 12.1 Å². The van der Waals surface area contributed by atoms with Gasteiger partial charge in [0.2, 0.25) is 0 Å². The van der Waals surface area contributed by atoms with E-state index < -0.39 is 10.7 Å². The SMILES string of the molecule is O=[N+]([O-])c1ccc(OCCOCCCl)c(F)c1. The van der Waals surface area contributed by atoms with Crippen molar-refractivity contribution in [2.75, 3.05) is 25.7 Å². The molecule has 0 aromatic heterocycles. The van der Waals surface area contributed by atoms with E-state index in [9.17, 15) is 14.5 Å². The molecule has 5 nitrogen and oxygen atoms in total. The maximum atomic E-state index is 13.3. The Hall–Kier alpha value is -1.40. The van der Waals surface area contributed by atoms with Crippen molar-refractivity contribution in [3.63, 3.8) is 0 Å². The Kier molecular flexibility index (Phi) is 5.65. The predicted molar refractivity (Wildman–Crippen MR) is 60.1 cm³/mol. The Morgan fingerprint density at radius 3 is 2.71 bits per heavy atom. The lowest BCUT2D eigenvalue weighted by Crippen LogP contribution is -2.08. The first-order valence-corrected chi connectivity index (χ1v) is 5.39. The summed E-state index contributed by atoms with van der Waals surface area (Å²) in [6.07, 6.45) is 0. The van der Waals surface area contributed by atoms with Gasteiger partial charge >= 0.3 is 0 Å². The number of halogens is 2. The van der Waals surface area contributed by atoms with Crippen LogP contribution in [0, 0.1) is 15.9 Å². The van der Waals surface area contributed by atoms with Crippen molar-refractivity contribution < 1.29 is 18.8 Å². The smallest absolute Gasteiger partial charge is 0.272 e. The summed E-state index contributed by atoms with van der Waals surface area (Å²) < 4.78 is 23.4. The van der Waals surface area contributed by atoms with Crippen LogP contribution in [0.4, 0.5) is 10.1 Å². The van der Waals surface area contributed by atoms with Crippen LogP contribution in [0.5, 0.6) is 5.75 Å². The number of non-ortho nitro benzene ring substituents is 1. The van der Waals surface area contributed by atoms with Crippen molar-refractivity contribution in [3.8, 4) is 5.75 Å². The molecule has 0 atom stereocenters. The van der Waals surface area contributed by atoms with Crippen molar-refractivity contribution >= 4 is 17.3 Å². The summed E-state index contributed by atoms with van der Waals surface area (Å²) in [7, 11) is 0. The molecule has 7 heteroatoms. The van der Waals surface area contributed by atoms with Gasteiger partial charge in [-0.25, -0.2) is 4.39 Å². The van der Waals surface area contributed by atoms with Gasteiger partial charge in [0, 0.05) is 11.9 Å². The lowest BCUT2D eigenvalue weighted by atomic mass is 10.3. The molecule has 1 aromatic carbocycles. The number of hydrogen-bond donors (Lipinski definition) is 0. The third-order valence-corrected chi connectivity index (χ3v) is 1.99. The van der Waals surface area contributed by atoms with Gasteiger partial charge in [0.15, 0.2) is 11.6 Å². The zero-order valence-electron chi connectivity index (χ0n) is 8.90. The third kappa shape index (κ3) is 4.54. The second-order valence-corrected chi connectivity index (χ2v) is 3.40. The van der Waals surface area contributed by atoms with Crippen LogP contribution in [0.2, 0.25) is 0 Å². The summed E-state index contributed by atoms with van der Waals surface area (Å²) >= 11 is 5.38. The highest BCUT2D eigenvalue weighted by atomic mass is 35.5. The number of rotatable bonds is 7. The van der Waals surface area contributed by atoms with E-state index in [2.05, 4.69) is 0 Å². The predicted octanol–water partition coefficient (Wildman–Crippen LogP) is 2.37. The molecule has 0 spiro atoms. The standard InChI is InChI=1S/C10H11ClFNO4/c11-3-4-16-5-6-17-10-2-1-8(13(14)15)7-9(10)12/h1-2,7H,3-6H2. The van der Waals surface area contributed by atoms with Crippen molar-refractivity contribution in [1.29, 1.82) is 0 Å².